The number of aromatic nitrogens is 1. The molecule has 1 nitrogen and oxygen atoms in total. The standard InChI is InChI=1S/C24H23N/c1-25-22-13-6-5-11-21(22)24-20(19-15-14-18(19)16-23(24)25)12-7-10-17-8-3-2-4-9-17/h2-6,8-9,11,13,16H,7,10,12,14-15H2,1H3. The molecule has 0 N–H and O–H groups in total. The first-order chi connectivity index (χ1) is 12.3. The Kier molecular flexibility index (Phi) is 3.41. The van der Waals surface area contributed by atoms with Gasteiger partial charge in [-0.1, -0.05) is 48.5 Å². The van der Waals surface area contributed by atoms with Crippen molar-refractivity contribution in [3.8, 4) is 0 Å². The molecular weight excluding hydrogens is 302 g/mol. The van der Waals surface area contributed by atoms with Crippen LogP contribution in [-0.2, 0) is 32.7 Å². The molecule has 1 aliphatic rings. The van der Waals surface area contributed by atoms with Crippen LogP contribution in [0.1, 0.15) is 28.7 Å². The lowest BCUT2D eigenvalue weighted by atomic mass is 9.81. The number of hydrogen-bond acceptors (Lipinski definition) is 0. The van der Waals surface area contributed by atoms with Gasteiger partial charge in [0.2, 0.25) is 0 Å². The van der Waals surface area contributed by atoms with Gasteiger partial charge in [-0.3, -0.25) is 0 Å². The molecule has 0 unspecified atom stereocenters. The molecular formula is C24H23N. The van der Waals surface area contributed by atoms with Crippen molar-refractivity contribution in [3.63, 3.8) is 0 Å². The van der Waals surface area contributed by atoms with Crippen LogP contribution in [0, 0.1) is 0 Å². The molecule has 1 heterocycles. The Bertz CT molecular complexity index is 1070. The highest BCUT2D eigenvalue weighted by Gasteiger charge is 2.23. The van der Waals surface area contributed by atoms with Crippen LogP contribution in [-0.4, -0.2) is 4.57 Å². The zero-order valence-electron chi connectivity index (χ0n) is 14.8. The second kappa shape index (κ2) is 5.77. The van der Waals surface area contributed by atoms with Crippen molar-refractivity contribution >= 4 is 21.8 Å². The Morgan fingerprint density at radius 2 is 1.64 bits per heavy atom. The van der Waals surface area contributed by atoms with E-state index in [4.69, 9.17) is 0 Å². The lowest BCUT2D eigenvalue weighted by molar-refractivity contribution is 0.773. The number of hydrogen-bond donors (Lipinski definition) is 0. The van der Waals surface area contributed by atoms with Crippen molar-refractivity contribution < 1.29 is 0 Å². The van der Waals surface area contributed by atoms with Crippen LogP contribution in [0.25, 0.3) is 21.8 Å². The summed E-state index contributed by atoms with van der Waals surface area (Å²) < 4.78 is 2.38. The Labute approximate surface area is 148 Å². The van der Waals surface area contributed by atoms with E-state index in [0.717, 1.165) is 6.42 Å². The summed E-state index contributed by atoms with van der Waals surface area (Å²) in [6.45, 7) is 0. The summed E-state index contributed by atoms with van der Waals surface area (Å²) in [5.41, 5.74) is 9.05. The summed E-state index contributed by atoms with van der Waals surface area (Å²) in [6.07, 6.45) is 6.08. The summed E-state index contributed by atoms with van der Waals surface area (Å²) in [7, 11) is 2.21. The second-order valence-corrected chi connectivity index (χ2v) is 7.30. The normalized spacial score (nSPS) is 13.2. The van der Waals surface area contributed by atoms with E-state index in [9.17, 15) is 0 Å². The summed E-state index contributed by atoms with van der Waals surface area (Å²) in [5.74, 6) is 0. The predicted octanol–water partition coefficient (Wildman–Crippen LogP) is 5.61. The first-order valence-corrected chi connectivity index (χ1v) is 9.37. The van der Waals surface area contributed by atoms with Gasteiger partial charge in [-0.2, -0.15) is 0 Å². The monoisotopic (exact) mass is 325 g/mol. The van der Waals surface area contributed by atoms with E-state index in [-0.39, 0.29) is 0 Å². The summed E-state index contributed by atoms with van der Waals surface area (Å²) in [6, 6.07) is 22.2. The van der Waals surface area contributed by atoms with Gasteiger partial charge >= 0.3 is 0 Å². The van der Waals surface area contributed by atoms with Gasteiger partial charge in [0.25, 0.3) is 0 Å². The van der Waals surface area contributed by atoms with Crippen LogP contribution in [0.3, 0.4) is 0 Å². The van der Waals surface area contributed by atoms with Crippen molar-refractivity contribution in [2.75, 3.05) is 0 Å². The highest BCUT2D eigenvalue weighted by Crippen LogP contribution is 2.39. The Morgan fingerprint density at radius 1 is 0.840 bits per heavy atom. The lowest BCUT2D eigenvalue weighted by Gasteiger charge is -2.24. The molecule has 0 spiro atoms. The molecule has 0 saturated carbocycles. The number of para-hydroxylation sites is 1. The van der Waals surface area contributed by atoms with E-state index in [2.05, 4.69) is 72.3 Å². The molecule has 4 aromatic rings. The maximum absolute atomic E-state index is 2.44. The van der Waals surface area contributed by atoms with Crippen molar-refractivity contribution in [2.45, 2.75) is 32.1 Å². The molecule has 1 aromatic heterocycles. The van der Waals surface area contributed by atoms with Gasteiger partial charge in [0.05, 0.1) is 0 Å². The van der Waals surface area contributed by atoms with Gasteiger partial charge in [-0.15, -0.1) is 0 Å². The maximum Gasteiger partial charge on any atom is 0.0494 e. The smallest absolute Gasteiger partial charge is 0.0494 e. The zero-order chi connectivity index (χ0) is 16.8. The Balaban J connectivity index is 1.59. The fourth-order valence-corrected chi connectivity index (χ4v) is 4.50. The molecule has 5 rings (SSSR count). The zero-order valence-corrected chi connectivity index (χ0v) is 14.8. The fraction of sp³-hybridized carbons (Fsp3) is 0.250. The Hall–Kier alpha value is -2.54. The van der Waals surface area contributed by atoms with Gasteiger partial charge in [0.1, 0.15) is 0 Å². The highest BCUT2D eigenvalue weighted by molar-refractivity contribution is 6.10. The quantitative estimate of drug-likeness (QED) is 0.460. The average molecular weight is 325 g/mol. The van der Waals surface area contributed by atoms with Crippen molar-refractivity contribution in [1.82, 2.24) is 4.57 Å². The van der Waals surface area contributed by atoms with Crippen molar-refractivity contribution in [3.05, 3.63) is 82.9 Å². The van der Waals surface area contributed by atoms with Gasteiger partial charge in [-0.05, 0) is 66.5 Å². The second-order valence-electron chi connectivity index (χ2n) is 7.30. The van der Waals surface area contributed by atoms with E-state index in [1.165, 1.54) is 53.1 Å². The number of benzene rings is 3. The number of fused-ring (bicyclic) bond motifs is 4. The molecule has 0 saturated heterocycles. The number of nitrogens with zero attached hydrogens (tertiary/aromatic N) is 1. The molecule has 124 valence electrons. The third-order valence-corrected chi connectivity index (χ3v) is 5.90. The van der Waals surface area contributed by atoms with E-state index in [1.807, 2.05) is 0 Å². The minimum atomic E-state index is 1.16. The fourth-order valence-electron chi connectivity index (χ4n) is 4.50. The van der Waals surface area contributed by atoms with Gasteiger partial charge < -0.3 is 4.57 Å². The summed E-state index contributed by atoms with van der Waals surface area (Å²) in [4.78, 5) is 0. The van der Waals surface area contributed by atoms with Crippen LogP contribution >= 0.6 is 0 Å². The van der Waals surface area contributed by atoms with Gasteiger partial charge in [0.15, 0.2) is 0 Å². The van der Waals surface area contributed by atoms with E-state index < -0.39 is 0 Å². The van der Waals surface area contributed by atoms with E-state index in [1.54, 1.807) is 16.7 Å². The molecule has 3 aromatic carbocycles. The first-order valence-electron chi connectivity index (χ1n) is 9.37. The minimum Gasteiger partial charge on any atom is -0.344 e. The molecule has 0 bridgehead atoms. The molecule has 0 aliphatic heterocycles. The Morgan fingerprint density at radius 3 is 2.44 bits per heavy atom. The van der Waals surface area contributed by atoms with Crippen LogP contribution in [0.15, 0.2) is 60.7 Å². The van der Waals surface area contributed by atoms with Gasteiger partial charge in [-0.25, -0.2) is 0 Å². The van der Waals surface area contributed by atoms with Crippen LogP contribution in [0.2, 0.25) is 0 Å². The molecule has 0 radical (unpaired) electrons. The van der Waals surface area contributed by atoms with Crippen LogP contribution in [0.5, 0.6) is 0 Å². The van der Waals surface area contributed by atoms with Gasteiger partial charge in [0, 0.05) is 28.9 Å². The van der Waals surface area contributed by atoms with Crippen LogP contribution in [0.4, 0.5) is 0 Å². The average Bonchev–Trinajstić information content (AvgIpc) is 2.91. The van der Waals surface area contributed by atoms with Crippen LogP contribution < -0.4 is 0 Å². The van der Waals surface area contributed by atoms with E-state index in [0.29, 0.717) is 0 Å². The molecule has 0 amide bonds. The number of aryl methyl sites for hydroxylation is 4. The molecule has 1 heteroatoms. The van der Waals surface area contributed by atoms with Crippen molar-refractivity contribution in [1.29, 1.82) is 0 Å². The third kappa shape index (κ3) is 2.30. The highest BCUT2D eigenvalue weighted by atomic mass is 14.9. The molecule has 25 heavy (non-hydrogen) atoms. The lowest BCUT2D eigenvalue weighted by Crippen LogP contribution is -2.13. The van der Waals surface area contributed by atoms with E-state index >= 15 is 0 Å². The van der Waals surface area contributed by atoms with Crippen molar-refractivity contribution in [2.24, 2.45) is 7.05 Å². The SMILES string of the molecule is Cn1c2ccccc2c2c(CCCc3ccccc3)c3c(cc21)CC3. The molecule has 1 aliphatic carbocycles. The predicted molar refractivity (Wildman–Crippen MR) is 106 cm³/mol. The minimum absolute atomic E-state index is 1.16. The summed E-state index contributed by atoms with van der Waals surface area (Å²) >= 11 is 0. The molecule has 0 atom stereocenters. The maximum atomic E-state index is 2.44. The first kappa shape index (κ1) is 14.8. The topological polar surface area (TPSA) is 4.93 Å². The molecule has 0 fully saturated rings. The summed E-state index contributed by atoms with van der Waals surface area (Å²) in [5, 5.41) is 2.93. The largest absolute Gasteiger partial charge is 0.344 e. The number of rotatable bonds is 4. The third-order valence-electron chi connectivity index (χ3n) is 5.90.